The Balaban J connectivity index is 1.70. The van der Waals surface area contributed by atoms with Crippen molar-refractivity contribution in [3.8, 4) is 0 Å². The zero-order valence-electron chi connectivity index (χ0n) is 13.0. The first-order valence-electron chi connectivity index (χ1n) is 7.68. The van der Waals surface area contributed by atoms with Crippen LogP contribution in [0.3, 0.4) is 0 Å². The topological polar surface area (TPSA) is 44.4 Å². The number of carbonyl (C=O) groups excluding carboxylic acids is 1. The molecule has 0 aromatic heterocycles. The zero-order chi connectivity index (χ0) is 16.2. The summed E-state index contributed by atoms with van der Waals surface area (Å²) >= 11 is 5.90. The maximum absolute atomic E-state index is 12.8. The zero-order valence-corrected chi connectivity index (χ0v) is 13.8. The molecule has 120 valence electrons. The van der Waals surface area contributed by atoms with Crippen molar-refractivity contribution in [2.24, 2.45) is 5.92 Å². The maximum Gasteiger partial charge on any atom is 0.229 e. The van der Waals surface area contributed by atoms with E-state index in [2.05, 4.69) is 10.9 Å². The van der Waals surface area contributed by atoms with E-state index in [1.165, 1.54) is 0 Å². The van der Waals surface area contributed by atoms with Gasteiger partial charge in [-0.05, 0) is 23.3 Å². The lowest BCUT2D eigenvalue weighted by atomic mass is 9.93. The minimum atomic E-state index is -0.116. The molecular formula is C18H20ClN3O. The molecule has 0 radical (unpaired) electrons. The molecule has 0 spiro atoms. The first-order valence-corrected chi connectivity index (χ1v) is 8.05. The fraction of sp³-hybridized carbons (Fsp3) is 0.278. The Labute approximate surface area is 141 Å². The smallest absolute Gasteiger partial charge is 0.229 e. The predicted octanol–water partition coefficient (Wildman–Crippen LogP) is 2.76. The van der Waals surface area contributed by atoms with Gasteiger partial charge < -0.3 is 4.90 Å². The predicted molar refractivity (Wildman–Crippen MR) is 91.7 cm³/mol. The second kappa shape index (κ2) is 7.13. The SMILES string of the molecule is CN(Cc1ccc(Cl)cc1)C(=O)C1CNNC1c1ccccc1. The molecule has 2 N–H and O–H groups in total. The van der Waals surface area contributed by atoms with Crippen molar-refractivity contribution in [2.45, 2.75) is 12.6 Å². The Morgan fingerprint density at radius 1 is 1.17 bits per heavy atom. The first-order chi connectivity index (χ1) is 11.1. The van der Waals surface area contributed by atoms with Crippen molar-refractivity contribution < 1.29 is 4.79 Å². The van der Waals surface area contributed by atoms with Gasteiger partial charge in [-0.3, -0.25) is 10.2 Å². The molecule has 2 aromatic carbocycles. The molecule has 1 aliphatic rings. The first kappa shape index (κ1) is 16.0. The number of nitrogens with zero attached hydrogens (tertiary/aromatic N) is 1. The van der Waals surface area contributed by atoms with Gasteiger partial charge in [0.1, 0.15) is 0 Å². The highest BCUT2D eigenvalue weighted by Gasteiger charge is 2.35. The summed E-state index contributed by atoms with van der Waals surface area (Å²) in [6, 6.07) is 17.7. The molecule has 0 aliphatic carbocycles. The van der Waals surface area contributed by atoms with Crippen molar-refractivity contribution in [3.63, 3.8) is 0 Å². The molecule has 5 heteroatoms. The number of hydrogen-bond acceptors (Lipinski definition) is 3. The van der Waals surface area contributed by atoms with Gasteiger partial charge in [-0.25, -0.2) is 5.43 Å². The number of hydrazine groups is 1. The number of amides is 1. The van der Waals surface area contributed by atoms with E-state index in [9.17, 15) is 4.79 Å². The summed E-state index contributed by atoms with van der Waals surface area (Å²) in [5, 5.41) is 0.705. The minimum Gasteiger partial charge on any atom is -0.341 e. The highest BCUT2D eigenvalue weighted by Crippen LogP contribution is 2.26. The van der Waals surface area contributed by atoms with Crippen molar-refractivity contribution in [1.29, 1.82) is 0 Å². The average molecular weight is 330 g/mol. The number of carbonyl (C=O) groups is 1. The van der Waals surface area contributed by atoms with Gasteiger partial charge in [0.15, 0.2) is 0 Å². The Morgan fingerprint density at radius 3 is 2.57 bits per heavy atom. The van der Waals surface area contributed by atoms with Crippen LogP contribution in [0.4, 0.5) is 0 Å². The summed E-state index contributed by atoms with van der Waals surface area (Å²) in [5.74, 6) is 0.0148. The lowest BCUT2D eigenvalue weighted by Crippen LogP contribution is -2.36. The van der Waals surface area contributed by atoms with Crippen LogP contribution < -0.4 is 10.9 Å². The van der Waals surface area contributed by atoms with Gasteiger partial charge in [0, 0.05) is 25.2 Å². The van der Waals surface area contributed by atoms with Gasteiger partial charge in [-0.2, -0.15) is 0 Å². The molecule has 2 aromatic rings. The summed E-state index contributed by atoms with van der Waals surface area (Å²) < 4.78 is 0. The molecule has 0 bridgehead atoms. The molecule has 2 unspecified atom stereocenters. The molecule has 1 aliphatic heterocycles. The van der Waals surface area contributed by atoms with E-state index in [1.807, 2.05) is 61.6 Å². The quantitative estimate of drug-likeness (QED) is 0.906. The summed E-state index contributed by atoms with van der Waals surface area (Å²) in [7, 11) is 1.84. The molecule has 1 heterocycles. The molecule has 1 fully saturated rings. The van der Waals surface area contributed by atoms with Gasteiger partial charge in [-0.1, -0.05) is 54.1 Å². The van der Waals surface area contributed by atoms with Gasteiger partial charge in [0.05, 0.1) is 12.0 Å². The van der Waals surface area contributed by atoms with E-state index < -0.39 is 0 Å². The lowest BCUT2D eigenvalue weighted by Gasteiger charge is -2.24. The molecule has 4 nitrogen and oxygen atoms in total. The fourth-order valence-corrected chi connectivity index (χ4v) is 3.05. The standard InChI is InChI=1S/C18H20ClN3O/c1-22(12-13-7-9-15(19)10-8-13)18(23)16-11-20-21-17(16)14-5-3-2-4-6-14/h2-10,16-17,20-21H,11-12H2,1H3. The molecule has 23 heavy (non-hydrogen) atoms. The number of benzene rings is 2. The summed E-state index contributed by atoms with van der Waals surface area (Å²) in [5.41, 5.74) is 8.52. The van der Waals surface area contributed by atoms with Crippen LogP contribution in [-0.2, 0) is 11.3 Å². The second-order valence-electron chi connectivity index (χ2n) is 5.84. The Hall–Kier alpha value is -1.88. The third kappa shape index (κ3) is 3.72. The van der Waals surface area contributed by atoms with E-state index >= 15 is 0 Å². The Kier molecular flexibility index (Phi) is 4.96. The highest BCUT2D eigenvalue weighted by atomic mass is 35.5. The third-order valence-corrected chi connectivity index (χ3v) is 4.42. The van der Waals surface area contributed by atoms with E-state index in [4.69, 9.17) is 11.6 Å². The summed E-state index contributed by atoms with van der Waals surface area (Å²) in [6.07, 6.45) is 0. The van der Waals surface area contributed by atoms with Crippen molar-refractivity contribution in [2.75, 3.05) is 13.6 Å². The number of hydrogen-bond donors (Lipinski definition) is 2. The molecule has 3 rings (SSSR count). The van der Waals surface area contributed by atoms with E-state index in [-0.39, 0.29) is 17.9 Å². The largest absolute Gasteiger partial charge is 0.341 e. The summed E-state index contributed by atoms with van der Waals surface area (Å²) in [6.45, 7) is 1.21. The van der Waals surface area contributed by atoms with Crippen LogP contribution >= 0.6 is 11.6 Å². The van der Waals surface area contributed by atoms with Crippen LogP contribution in [0.1, 0.15) is 17.2 Å². The van der Waals surface area contributed by atoms with Gasteiger partial charge in [0.25, 0.3) is 0 Å². The summed E-state index contributed by atoms with van der Waals surface area (Å²) in [4.78, 5) is 14.6. The van der Waals surface area contributed by atoms with E-state index in [0.29, 0.717) is 18.1 Å². The third-order valence-electron chi connectivity index (χ3n) is 4.17. The van der Waals surface area contributed by atoms with Crippen LogP contribution in [-0.4, -0.2) is 24.4 Å². The molecule has 1 amide bonds. The van der Waals surface area contributed by atoms with Crippen LogP contribution in [0.15, 0.2) is 54.6 Å². The fourth-order valence-electron chi connectivity index (χ4n) is 2.93. The van der Waals surface area contributed by atoms with Crippen LogP contribution in [0.25, 0.3) is 0 Å². The molecule has 2 atom stereocenters. The van der Waals surface area contributed by atoms with E-state index in [1.54, 1.807) is 4.90 Å². The number of rotatable bonds is 4. The van der Waals surface area contributed by atoms with Crippen LogP contribution in [0.5, 0.6) is 0 Å². The lowest BCUT2D eigenvalue weighted by molar-refractivity contribution is -0.134. The number of nitrogens with one attached hydrogen (secondary N) is 2. The van der Waals surface area contributed by atoms with Crippen molar-refractivity contribution in [3.05, 3.63) is 70.7 Å². The van der Waals surface area contributed by atoms with Crippen molar-refractivity contribution >= 4 is 17.5 Å². The van der Waals surface area contributed by atoms with Crippen LogP contribution in [0, 0.1) is 5.92 Å². The van der Waals surface area contributed by atoms with Crippen LogP contribution in [0.2, 0.25) is 5.02 Å². The Bertz CT molecular complexity index is 660. The van der Waals surface area contributed by atoms with E-state index in [0.717, 1.165) is 11.1 Å². The average Bonchev–Trinajstić information content (AvgIpc) is 3.06. The van der Waals surface area contributed by atoms with Gasteiger partial charge in [-0.15, -0.1) is 0 Å². The van der Waals surface area contributed by atoms with Gasteiger partial charge in [0.2, 0.25) is 5.91 Å². The number of halogens is 1. The van der Waals surface area contributed by atoms with Crippen molar-refractivity contribution in [1.82, 2.24) is 15.8 Å². The highest BCUT2D eigenvalue weighted by molar-refractivity contribution is 6.30. The maximum atomic E-state index is 12.8. The molecule has 1 saturated heterocycles. The normalized spacial score (nSPS) is 20.4. The molecule has 0 saturated carbocycles. The minimum absolute atomic E-state index is 0.00336. The Morgan fingerprint density at radius 2 is 1.87 bits per heavy atom. The van der Waals surface area contributed by atoms with Gasteiger partial charge >= 0.3 is 0 Å². The molecular weight excluding hydrogens is 310 g/mol. The second-order valence-corrected chi connectivity index (χ2v) is 6.28. The monoisotopic (exact) mass is 329 g/mol.